The van der Waals surface area contributed by atoms with Crippen molar-refractivity contribution >= 4 is 29.3 Å². The number of ether oxygens (including phenoxy) is 1. The summed E-state index contributed by atoms with van der Waals surface area (Å²) in [6.45, 7) is 2.35. The predicted octanol–water partition coefficient (Wildman–Crippen LogP) is 1.43. The first-order chi connectivity index (χ1) is 9.02. The quantitative estimate of drug-likeness (QED) is 0.819. The van der Waals surface area contributed by atoms with Gasteiger partial charge in [0.05, 0.1) is 6.61 Å². The van der Waals surface area contributed by atoms with Gasteiger partial charge in [0.25, 0.3) is 0 Å². The van der Waals surface area contributed by atoms with Crippen molar-refractivity contribution in [2.75, 3.05) is 13.2 Å². The summed E-state index contributed by atoms with van der Waals surface area (Å²) >= 11 is 1.57. The largest absolute Gasteiger partial charge is 0.479 e. The molecule has 1 saturated heterocycles. The van der Waals surface area contributed by atoms with Gasteiger partial charge in [0.15, 0.2) is 5.54 Å². The van der Waals surface area contributed by atoms with Gasteiger partial charge >= 0.3 is 5.97 Å². The highest BCUT2D eigenvalue weighted by Crippen LogP contribution is 2.19. The fraction of sp³-hybridized carbons (Fsp3) is 0.385. The van der Waals surface area contributed by atoms with E-state index in [1.807, 2.05) is 19.1 Å². The van der Waals surface area contributed by atoms with Gasteiger partial charge in [-0.15, -0.1) is 11.3 Å². The maximum Gasteiger partial charge on any atom is 0.331 e. The van der Waals surface area contributed by atoms with Crippen LogP contribution in [0.1, 0.15) is 16.2 Å². The monoisotopic (exact) mass is 281 g/mol. The Bertz CT molecular complexity index is 514. The second-order valence-corrected chi connectivity index (χ2v) is 5.78. The molecule has 1 aromatic rings. The Morgan fingerprint density at radius 1 is 1.53 bits per heavy atom. The summed E-state index contributed by atoms with van der Waals surface area (Å²) in [7, 11) is 0. The van der Waals surface area contributed by atoms with Crippen LogP contribution in [0.2, 0.25) is 0 Å². The third-order valence-corrected chi connectivity index (χ3v) is 3.92. The number of carboxylic acid groups (broad SMARTS) is 1. The maximum atomic E-state index is 11.8. The van der Waals surface area contributed by atoms with Gasteiger partial charge in [-0.05, 0) is 25.1 Å². The highest BCUT2D eigenvalue weighted by molar-refractivity contribution is 7.12. The van der Waals surface area contributed by atoms with Crippen LogP contribution in [-0.4, -0.2) is 35.7 Å². The van der Waals surface area contributed by atoms with Crippen LogP contribution in [0.15, 0.2) is 18.2 Å². The van der Waals surface area contributed by atoms with Crippen LogP contribution < -0.4 is 5.32 Å². The fourth-order valence-corrected chi connectivity index (χ4v) is 2.64. The Kier molecular flexibility index (Phi) is 4.01. The molecule has 2 rings (SSSR count). The number of thiophene rings is 1. The normalized spacial score (nSPS) is 22.8. The second kappa shape index (κ2) is 5.54. The zero-order valence-electron chi connectivity index (χ0n) is 10.5. The Morgan fingerprint density at radius 3 is 2.84 bits per heavy atom. The van der Waals surface area contributed by atoms with Crippen molar-refractivity contribution in [2.45, 2.75) is 18.9 Å². The minimum atomic E-state index is -1.28. The topological polar surface area (TPSA) is 75.6 Å². The summed E-state index contributed by atoms with van der Waals surface area (Å²) in [6.07, 6.45) is 3.33. The third kappa shape index (κ3) is 3.21. The van der Waals surface area contributed by atoms with Gasteiger partial charge in [-0.2, -0.15) is 0 Å². The van der Waals surface area contributed by atoms with Crippen LogP contribution in [0.5, 0.6) is 0 Å². The zero-order chi connectivity index (χ0) is 13.9. The van der Waals surface area contributed by atoms with Crippen LogP contribution >= 0.6 is 11.3 Å². The molecule has 19 heavy (non-hydrogen) atoms. The maximum absolute atomic E-state index is 11.8. The van der Waals surface area contributed by atoms with E-state index in [2.05, 4.69) is 5.32 Å². The van der Waals surface area contributed by atoms with Gasteiger partial charge in [0.2, 0.25) is 5.91 Å². The number of hydrogen-bond donors (Lipinski definition) is 2. The van der Waals surface area contributed by atoms with Gasteiger partial charge in [0, 0.05) is 28.9 Å². The minimum Gasteiger partial charge on any atom is -0.479 e. The Labute approximate surface area is 114 Å². The zero-order valence-corrected chi connectivity index (χ0v) is 11.3. The molecule has 1 fully saturated rings. The Hall–Kier alpha value is -1.66. The molecule has 0 bridgehead atoms. The highest BCUT2D eigenvalue weighted by atomic mass is 32.1. The van der Waals surface area contributed by atoms with E-state index in [0.29, 0.717) is 13.0 Å². The molecule has 0 spiro atoms. The molecule has 1 atom stereocenters. The summed E-state index contributed by atoms with van der Waals surface area (Å²) < 4.78 is 5.07. The van der Waals surface area contributed by atoms with Gasteiger partial charge in [-0.1, -0.05) is 0 Å². The van der Waals surface area contributed by atoms with Crippen molar-refractivity contribution in [1.29, 1.82) is 0 Å². The van der Waals surface area contributed by atoms with E-state index < -0.39 is 17.4 Å². The standard InChI is InChI=1S/C13H15NO4S/c1-9-2-3-10(19-9)4-5-11(15)14-13(12(16)17)6-7-18-8-13/h2-5H,6-8H2,1H3,(H,14,15)(H,16,17). The van der Waals surface area contributed by atoms with E-state index in [0.717, 1.165) is 9.75 Å². The minimum absolute atomic E-state index is 0.0139. The van der Waals surface area contributed by atoms with Crippen LogP contribution in [0, 0.1) is 6.92 Å². The number of aliphatic carboxylic acids is 1. The van der Waals surface area contributed by atoms with Gasteiger partial charge in [-0.25, -0.2) is 4.79 Å². The van der Waals surface area contributed by atoms with Crippen LogP contribution in [0.4, 0.5) is 0 Å². The number of rotatable bonds is 4. The molecule has 102 valence electrons. The summed E-state index contributed by atoms with van der Waals surface area (Å²) in [5.41, 5.74) is -1.28. The van der Waals surface area contributed by atoms with E-state index in [-0.39, 0.29) is 6.61 Å². The molecule has 0 aromatic carbocycles. The molecular formula is C13H15NO4S. The van der Waals surface area contributed by atoms with Gasteiger partial charge in [0.1, 0.15) is 0 Å². The Balaban J connectivity index is 2.00. The van der Waals surface area contributed by atoms with E-state index in [9.17, 15) is 14.7 Å². The lowest BCUT2D eigenvalue weighted by molar-refractivity contribution is -0.147. The molecule has 1 aromatic heterocycles. The van der Waals surface area contributed by atoms with Crippen LogP contribution in [0.25, 0.3) is 6.08 Å². The molecule has 2 heterocycles. The summed E-state index contributed by atoms with van der Waals surface area (Å²) in [4.78, 5) is 25.1. The lowest BCUT2D eigenvalue weighted by atomic mass is 9.99. The van der Waals surface area contributed by atoms with Crippen LogP contribution in [0.3, 0.4) is 0 Å². The first-order valence-corrected chi connectivity index (χ1v) is 6.71. The van der Waals surface area contributed by atoms with Crippen molar-refractivity contribution in [3.05, 3.63) is 28.0 Å². The lowest BCUT2D eigenvalue weighted by Gasteiger charge is -2.22. The van der Waals surface area contributed by atoms with Crippen molar-refractivity contribution in [1.82, 2.24) is 5.32 Å². The number of aryl methyl sites for hydroxylation is 1. The third-order valence-electron chi connectivity index (χ3n) is 2.95. The lowest BCUT2D eigenvalue weighted by Crippen LogP contribution is -2.54. The van der Waals surface area contributed by atoms with E-state index >= 15 is 0 Å². The number of carbonyl (C=O) groups is 2. The molecular weight excluding hydrogens is 266 g/mol. The van der Waals surface area contributed by atoms with Crippen molar-refractivity contribution in [3.63, 3.8) is 0 Å². The number of nitrogens with one attached hydrogen (secondary N) is 1. The molecule has 0 saturated carbocycles. The van der Waals surface area contributed by atoms with E-state index in [1.54, 1.807) is 17.4 Å². The number of amides is 1. The van der Waals surface area contributed by atoms with Crippen molar-refractivity contribution in [2.24, 2.45) is 0 Å². The molecule has 5 nitrogen and oxygen atoms in total. The molecule has 1 aliphatic rings. The van der Waals surface area contributed by atoms with Crippen LogP contribution in [-0.2, 0) is 14.3 Å². The average Bonchev–Trinajstić information content (AvgIpc) is 2.97. The molecule has 6 heteroatoms. The number of hydrogen-bond acceptors (Lipinski definition) is 4. The van der Waals surface area contributed by atoms with Crippen molar-refractivity contribution in [3.8, 4) is 0 Å². The van der Waals surface area contributed by atoms with E-state index in [1.165, 1.54) is 6.08 Å². The average molecular weight is 281 g/mol. The van der Waals surface area contributed by atoms with Crippen molar-refractivity contribution < 1.29 is 19.4 Å². The summed E-state index contributed by atoms with van der Waals surface area (Å²) in [5.74, 6) is -1.47. The molecule has 1 unspecified atom stereocenters. The Morgan fingerprint density at radius 2 is 2.32 bits per heavy atom. The highest BCUT2D eigenvalue weighted by Gasteiger charge is 2.43. The SMILES string of the molecule is Cc1ccc(C=CC(=O)NC2(C(=O)O)CCOC2)s1. The fourth-order valence-electron chi connectivity index (χ4n) is 1.86. The molecule has 0 radical (unpaired) electrons. The first kappa shape index (κ1) is 13.8. The van der Waals surface area contributed by atoms with E-state index in [4.69, 9.17) is 4.74 Å². The first-order valence-electron chi connectivity index (χ1n) is 5.90. The molecule has 2 N–H and O–H groups in total. The number of carbonyl (C=O) groups excluding carboxylic acids is 1. The predicted molar refractivity (Wildman–Crippen MR) is 72.0 cm³/mol. The van der Waals surface area contributed by atoms with Gasteiger partial charge < -0.3 is 15.2 Å². The number of carboxylic acids is 1. The smallest absolute Gasteiger partial charge is 0.331 e. The van der Waals surface area contributed by atoms with Gasteiger partial charge in [-0.3, -0.25) is 4.79 Å². The molecule has 1 aliphatic heterocycles. The molecule has 0 aliphatic carbocycles. The summed E-state index contributed by atoms with van der Waals surface area (Å²) in [6, 6.07) is 3.88. The summed E-state index contributed by atoms with van der Waals surface area (Å²) in [5, 5.41) is 11.7. The second-order valence-electron chi connectivity index (χ2n) is 4.46. The molecule has 1 amide bonds.